The van der Waals surface area contributed by atoms with E-state index in [1.807, 2.05) is 0 Å². The molecule has 2 bridgehead atoms. The van der Waals surface area contributed by atoms with E-state index in [1.165, 1.54) is 23.4 Å². The van der Waals surface area contributed by atoms with Crippen LogP contribution in [0.15, 0.2) is 34.5 Å². The van der Waals surface area contributed by atoms with E-state index in [0.29, 0.717) is 0 Å². The Kier molecular flexibility index (Phi) is 7.90. The average Bonchev–Trinajstić information content (AvgIpc) is 3.63. The maximum absolute atomic E-state index is 16.0. The number of H-pyrrole nitrogens is 1. The van der Waals surface area contributed by atoms with Gasteiger partial charge in [-0.25, -0.2) is 28.7 Å². The SMILES string of the molecule is COP1(=O)OC[C@H]2O[C@@H](n3cnc4c(N)ncnc43)[C@H](F)[C@@H]2OP(O)(=S)OC[C@@H]2C[C@@H](O1)[C@H](n1ccc(=O)[nH]c1=O)O2. The number of aromatic amines is 1. The van der Waals surface area contributed by atoms with Crippen molar-refractivity contribution in [1.82, 2.24) is 29.1 Å². The zero-order chi connectivity index (χ0) is 29.8. The number of alkyl halides is 1. The topological polar surface area (TPSA) is 226 Å². The first-order valence-electron chi connectivity index (χ1n) is 12.3. The number of rotatable bonds is 3. The lowest BCUT2D eigenvalue weighted by Crippen LogP contribution is -2.36. The molecule has 3 fully saturated rings. The van der Waals surface area contributed by atoms with Crippen LogP contribution in [-0.4, -0.2) is 84.9 Å². The lowest BCUT2D eigenvalue weighted by molar-refractivity contribution is -0.0676. The standard InChI is InChI=1S/C20H24FN7O11P2S/c1-33-40(31)34-6-11-15(13(21)19(37-11)28-8-25-14-16(22)23-7-24-17(14)28)39-41(32,42)35-5-9-4-10(38-40)18(36-9)27-3-2-12(29)26-20(27)30/h2-3,7-11,13,15,18-19H,4-6H2,1H3,(H,32,42)(H2,22,23,24)(H,26,29,30)/t9-,10+,11+,13+,15+,18+,19+,40?,41?/m0/s1. The number of hydrogen-bond donors (Lipinski definition) is 3. The van der Waals surface area contributed by atoms with Gasteiger partial charge in [0.1, 0.15) is 30.2 Å². The van der Waals surface area contributed by atoms with E-state index in [0.717, 1.165) is 17.7 Å². The molecule has 42 heavy (non-hydrogen) atoms. The van der Waals surface area contributed by atoms with Crippen molar-refractivity contribution < 1.29 is 45.9 Å². The molecule has 0 radical (unpaired) electrons. The van der Waals surface area contributed by atoms with Crippen molar-refractivity contribution in [3.05, 3.63) is 45.8 Å². The van der Waals surface area contributed by atoms with Crippen molar-refractivity contribution >= 4 is 43.3 Å². The number of phosphoric ester groups is 1. The summed E-state index contributed by atoms with van der Waals surface area (Å²) in [6.45, 7) is -5.14. The molecule has 3 aromatic rings. The molecule has 3 aromatic heterocycles. The number of aromatic nitrogens is 6. The lowest BCUT2D eigenvalue weighted by atomic mass is 10.1. The fraction of sp³-hybridized carbons (Fsp3) is 0.550. The van der Waals surface area contributed by atoms with Crippen LogP contribution in [0.5, 0.6) is 0 Å². The number of halogens is 1. The van der Waals surface area contributed by atoms with Gasteiger partial charge in [0.25, 0.3) is 5.56 Å². The minimum Gasteiger partial charge on any atom is -0.382 e. The van der Waals surface area contributed by atoms with Crippen molar-refractivity contribution in [2.45, 2.75) is 49.5 Å². The number of imidazole rings is 1. The van der Waals surface area contributed by atoms with Gasteiger partial charge in [-0.1, -0.05) is 0 Å². The number of nitrogens with zero attached hydrogens (tertiary/aromatic N) is 5. The summed E-state index contributed by atoms with van der Waals surface area (Å²) in [4.78, 5) is 49.0. The van der Waals surface area contributed by atoms with Crippen molar-refractivity contribution in [3.8, 4) is 0 Å². The average molecular weight is 651 g/mol. The van der Waals surface area contributed by atoms with Crippen LogP contribution in [0, 0.1) is 0 Å². The fourth-order valence-electron chi connectivity index (χ4n) is 4.84. The quantitative estimate of drug-likeness (QED) is 0.323. The normalized spacial score (nSPS) is 37.5. The monoisotopic (exact) mass is 651 g/mol. The number of phosphoric acid groups is 1. The first-order valence-corrected chi connectivity index (χ1v) is 16.4. The maximum atomic E-state index is 16.0. The van der Waals surface area contributed by atoms with E-state index in [9.17, 15) is 19.0 Å². The highest BCUT2D eigenvalue weighted by molar-refractivity contribution is 8.07. The van der Waals surface area contributed by atoms with E-state index in [2.05, 4.69) is 19.9 Å². The molecule has 3 aliphatic heterocycles. The Morgan fingerprint density at radius 3 is 2.71 bits per heavy atom. The zero-order valence-electron chi connectivity index (χ0n) is 21.5. The van der Waals surface area contributed by atoms with Gasteiger partial charge in [-0.2, -0.15) is 0 Å². The third kappa shape index (κ3) is 5.60. The van der Waals surface area contributed by atoms with Gasteiger partial charge >= 0.3 is 20.2 Å². The molecule has 0 spiro atoms. The van der Waals surface area contributed by atoms with E-state index < -0.39 is 75.4 Å². The molecular formula is C20H24FN7O11P2S. The lowest BCUT2D eigenvalue weighted by Gasteiger charge is -2.27. The van der Waals surface area contributed by atoms with Crippen LogP contribution in [0.4, 0.5) is 10.2 Å². The second-order valence-electron chi connectivity index (χ2n) is 9.40. The molecule has 18 nitrogen and oxygen atoms in total. The number of nitrogens with two attached hydrogens (primary N) is 1. The Balaban J connectivity index is 1.31. The number of nitrogens with one attached hydrogen (secondary N) is 1. The molecule has 6 heterocycles. The fourth-order valence-corrected chi connectivity index (χ4v) is 7.40. The van der Waals surface area contributed by atoms with Crippen molar-refractivity contribution in [2.24, 2.45) is 0 Å². The summed E-state index contributed by atoms with van der Waals surface area (Å²) in [5.41, 5.74) is 4.73. The van der Waals surface area contributed by atoms with Crippen LogP contribution < -0.4 is 17.0 Å². The van der Waals surface area contributed by atoms with Crippen molar-refractivity contribution in [3.63, 3.8) is 0 Å². The predicted octanol–water partition coefficient (Wildman–Crippen LogP) is 0.270. The first kappa shape index (κ1) is 29.6. The zero-order valence-corrected chi connectivity index (χ0v) is 24.1. The Hall–Kier alpha value is -2.48. The maximum Gasteiger partial charge on any atom is 0.475 e. The third-order valence-corrected chi connectivity index (χ3v) is 9.76. The molecule has 6 rings (SSSR count). The molecule has 0 saturated carbocycles. The second kappa shape index (κ2) is 11.2. The molecule has 228 valence electrons. The van der Waals surface area contributed by atoms with Gasteiger partial charge in [0.05, 0.1) is 25.6 Å². The van der Waals surface area contributed by atoms with Gasteiger partial charge in [0, 0.05) is 25.8 Å². The third-order valence-electron chi connectivity index (χ3n) is 6.76. The first-order chi connectivity index (χ1) is 20.0. The van der Waals surface area contributed by atoms with Crippen LogP contribution >= 0.6 is 14.5 Å². The highest BCUT2D eigenvalue weighted by Gasteiger charge is 2.52. The van der Waals surface area contributed by atoms with E-state index >= 15 is 4.39 Å². The van der Waals surface area contributed by atoms with Gasteiger partial charge in [0.2, 0.25) is 0 Å². The van der Waals surface area contributed by atoms with Gasteiger partial charge in [0.15, 0.2) is 30.1 Å². The van der Waals surface area contributed by atoms with E-state index in [1.54, 1.807) is 0 Å². The summed E-state index contributed by atoms with van der Waals surface area (Å²) >= 11 is 5.15. The van der Waals surface area contributed by atoms with Crippen molar-refractivity contribution in [1.29, 1.82) is 0 Å². The summed E-state index contributed by atoms with van der Waals surface area (Å²) < 4.78 is 70.8. The summed E-state index contributed by atoms with van der Waals surface area (Å²) in [5.74, 6) is 0.0611. The van der Waals surface area contributed by atoms with Gasteiger partial charge < -0.3 is 24.6 Å². The van der Waals surface area contributed by atoms with Crippen LogP contribution in [0.3, 0.4) is 0 Å². The molecule has 2 unspecified atom stereocenters. The van der Waals surface area contributed by atoms with Crippen LogP contribution in [0.2, 0.25) is 0 Å². The van der Waals surface area contributed by atoms with Gasteiger partial charge in [-0.3, -0.25) is 37.0 Å². The molecule has 9 atom stereocenters. The molecule has 0 amide bonds. The number of ether oxygens (including phenoxy) is 2. The molecule has 3 aliphatic rings. The molecule has 0 aliphatic carbocycles. The van der Waals surface area contributed by atoms with E-state index in [4.69, 9.17) is 49.6 Å². The molecule has 4 N–H and O–H groups in total. The summed E-state index contributed by atoms with van der Waals surface area (Å²) in [6, 6.07) is 1.09. The highest BCUT2D eigenvalue weighted by Crippen LogP contribution is 2.56. The molecule has 0 aromatic carbocycles. The van der Waals surface area contributed by atoms with Gasteiger partial charge in [-0.15, -0.1) is 0 Å². The minimum absolute atomic E-state index is 0.0296. The second-order valence-corrected chi connectivity index (χ2v) is 13.9. The largest absolute Gasteiger partial charge is 0.475 e. The molecule has 3 saturated heterocycles. The van der Waals surface area contributed by atoms with Gasteiger partial charge in [-0.05, 0) is 11.8 Å². The van der Waals surface area contributed by atoms with Crippen LogP contribution in [0.1, 0.15) is 18.9 Å². The Morgan fingerprint density at radius 2 is 1.95 bits per heavy atom. The number of nitrogen functional groups attached to an aromatic ring is 1. The summed E-state index contributed by atoms with van der Waals surface area (Å²) in [5, 5.41) is 0. The number of fused-ring (bicyclic) bond motifs is 4. The molecule has 22 heteroatoms. The Labute approximate surface area is 239 Å². The van der Waals surface area contributed by atoms with Crippen LogP contribution in [0.25, 0.3) is 11.2 Å². The number of hydrogen-bond acceptors (Lipinski definition) is 15. The molecular weight excluding hydrogens is 627 g/mol. The smallest absolute Gasteiger partial charge is 0.382 e. The van der Waals surface area contributed by atoms with Crippen LogP contribution in [-0.2, 0) is 48.5 Å². The number of anilines is 1. The van der Waals surface area contributed by atoms with E-state index in [-0.39, 0.29) is 30.0 Å². The highest BCUT2D eigenvalue weighted by atomic mass is 32.5. The van der Waals surface area contributed by atoms with Crippen molar-refractivity contribution in [2.75, 3.05) is 26.1 Å². The Bertz CT molecular complexity index is 1710. The summed E-state index contributed by atoms with van der Waals surface area (Å²) in [7, 11) is -3.35. The summed E-state index contributed by atoms with van der Waals surface area (Å²) in [6.07, 6.45) is -5.95. The minimum atomic E-state index is -4.42. The Morgan fingerprint density at radius 1 is 1.14 bits per heavy atom. The predicted molar refractivity (Wildman–Crippen MR) is 141 cm³/mol.